The summed E-state index contributed by atoms with van der Waals surface area (Å²) in [5, 5.41) is 10.7. The fraction of sp³-hybridized carbons (Fsp3) is 0.143. The number of nitrogens with zero attached hydrogens (tertiary/aromatic N) is 2. The fourth-order valence-corrected chi connectivity index (χ4v) is 7.85. The van der Waals surface area contributed by atoms with Crippen LogP contribution in [0.5, 0.6) is 11.5 Å². The molecule has 0 saturated heterocycles. The van der Waals surface area contributed by atoms with Gasteiger partial charge in [0, 0.05) is 14.7 Å². The van der Waals surface area contributed by atoms with Gasteiger partial charge in [-0.15, -0.1) is 0 Å². The number of aromatic nitrogens is 1. The van der Waals surface area contributed by atoms with Crippen LogP contribution in [0, 0.1) is 7.14 Å². The van der Waals surface area contributed by atoms with E-state index in [-0.39, 0.29) is 17.4 Å². The van der Waals surface area contributed by atoms with Crippen LogP contribution in [-0.4, -0.2) is 16.8 Å². The number of ether oxygens (including phenoxy) is 1. The van der Waals surface area contributed by atoms with Gasteiger partial charge in [-0.3, -0.25) is 9.36 Å². The average Bonchev–Trinajstić information content (AvgIpc) is 3.20. The molecule has 1 N–H and O–H groups in total. The largest absolute Gasteiger partial charge is 0.506 e. The molecule has 1 aromatic heterocycles. The molecule has 180 valence electrons. The van der Waals surface area contributed by atoms with Gasteiger partial charge in [0.15, 0.2) is 4.80 Å². The quantitative estimate of drug-likeness (QED) is 0.295. The van der Waals surface area contributed by atoms with Crippen molar-refractivity contribution in [1.29, 1.82) is 0 Å². The van der Waals surface area contributed by atoms with Gasteiger partial charge in [-0.05, 0) is 105 Å². The Labute approximate surface area is 238 Å². The lowest BCUT2D eigenvalue weighted by atomic mass is 9.83. The van der Waals surface area contributed by atoms with Crippen molar-refractivity contribution in [3.8, 4) is 11.5 Å². The second kappa shape index (κ2) is 9.46. The number of benzene rings is 3. The van der Waals surface area contributed by atoms with E-state index in [0.717, 1.165) is 48.1 Å². The van der Waals surface area contributed by atoms with E-state index in [2.05, 4.69) is 69.4 Å². The maximum absolute atomic E-state index is 13.9. The molecule has 2 aliphatic rings. The number of methoxy groups -OCH3 is 1. The zero-order chi connectivity index (χ0) is 25.0. The molecule has 0 amide bonds. The van der Waals surface area contributed by atoms with Gasteiger partial charge in [-0.2, -0.15) is 0 Å². The molecule has 6 rings (SSSR count). The number of phenolic OH excluding ortho intramolecular Hbond substituents is 1. The van der Waals surface area contributed by atoms with E-state index in [1.807, 2.05) is 41.0 Å². The van der Waals surface area contributed by atoms with Crippen molar-refractivity contribution in [2.45, 2.75) is 18.9 Å². The van der Waals surface area contributed by atoms with Gasteiger partial charge in [0.1, 0.15) is 11.5 Å². The van der Waals surface area contributed by atoms with Crippen molar-refractivity contribution in [3.63, 3.8) is 0 Å². The molecular weight excluding hydrogens is 698 g/mol. The van der Waals surface area contributed by atoms with E-state index in [1.165, 1.54) is 16.9 Å². The summed E-state index contributed by atoms with van der Waals surface area (Å²) in [5.41, 5.74) is 6.04. The number of fused-ring (bicyclic) bond motifs is 3. The van der Waals surface area contributed by atoms with Crippen molar-refractivity contribution in [2.75, 3.05) is 7.11 Å². The number of aryl methyl sites for hydroxylation is 1. The van der Waals surface area contributed by atoms with Crippen LogP contribution in [0.3, 0.4) is 0 Å². The minimum atomic E-state index is -0.272. The smallest absolute Gasteiger partial charge is 0.271 e. The first-order valence-corrected chi connectivity index (χ1v) is 14.4. The molecule has 8 heteroatoms. The average molecular weight is 718 g/mol. The van der Waals surface area contributed by atoms with Gasteiger partial charge >= 0.3 is 0 Å². The van der Waals surface area contributed by atoms with Crippen LogP contribution in [0.1, 0.15) is 34.7 Å². The van der Waals surface area contributed by atoms with Gasteiger partial charge in [0.2, 0.25) is 0 Å². The molecule has 1 aliphatic heterocycles. The normalized spacial score (nSPS) is 16.8. The van der Waals surface area contributed by atoms with Crippen LogP contribution in [0.15, 0.2) is 76.0 Å². The Morgan fingerprint density at radius 1 is 1.11 bits per heavy atom. The van der Waals surface area contributed by atoms with Crippen molar-refractivity contribution >= 4 is 68.3 Å². The predicted molar refractivity (Wildman–Crippen MR) is 159 cm³/mol. The van der Waals surface area contributed by atoms with Gasteiger partial charge in [0.05, 0.1) is 27.0 Å². The van der Waals surface area contributed by atoms with Crippen LogP contribution in [0.4, 0.5) is 0 Å². The number of aromatic hydroxyl groups is 1. The Bertz CT molecular complexity index is 1750. The van der Waals surface area contributed by atoms with Gasteiger partial charge < -0.3 is 9.84 Å². The Morgan fingerprint density at radius 2 is 1.94 bits per heavy atom. The highest BCUT2D eigenvalue weighted by atomic mass is 127. The molecule has 0 radical (unpaired) electrons. The van der Waals surface area contributed by atoms with Crippen molar-refractivity contribution in [1.82, 2.24) is 4.57 Å². The second-order valence-electron chi connectivity index (χ2n) is 8.72. The molecule has 4 aromatic rings. The van der Waals surface area contributed by atoms with E-state index >= 15 is 0 Å². The summed E-state index contributed by atoms with van der Waals surface area (Å²) in [6, 6.07) is 19.8. The minimum Gasteiger partial charge on any atom is -0.506 e. The Morgan fingerprint density at radius 3 is 2.78 bits per heavy atom. The van der Waals surface area contributed by atoms with E-state index in [9.17, 15) is 9.90 Å². The van der Waals surface area contributed by atoms with Crippen molar-refractivity contribution in [2.24, 2.45) is 4.99 Å². The minimum absolute atomic E-state index is 0.106. The molecule has 0 saturated carbocycles. The first kappa shape index (κ1) is 23.9. The fourth-order valence-electron chi connectivity index (χ4n) is 4.97. The summed E-state index contributed by atoms with van der Waals surface area (Å²) >= 11 is 5.70. The summed E-state index contributed by atoms with van der Waals surface area (Å²) in [4.78, 5) is 19.6. The van der Waals surface area contributed by atoms with Gasteiger partial charge in [0.25, 0.3) is 5.56 Å². The van der Waals surface area contributed by atoms with Gasteiger partial charge in [-0.25, -0.2) is 4.99 Å². The van der Waals surface area contributed by atoms with Crippen molar-refractivity contribution in [3.05, 3.63) is 115 Å². The van der Waals surface area contributed by atoms with E-state index in [1.54, 1.807) is 13.2 Å². The standard InChI is InChI=1S/C28H20I2N2O3S/c1-35-19-7-4-6-16(12-19)25-21-10-9-15-5-2-3-8-20(15)24(21)31-28-32(25)27(34)23(36-28)13-17-11-18(29)14-22(30)26(17)33/h2-8,11-14,25,33H,9-10H2,1H3/b23-13+. The SMILES string of the molecule is COc1cccc(C2C3=C(N=c4s/c(=C/c5cc(I)cc(I)c5O)c(=O)n42)c2ccccc2CC3)c1. The molecule has 1 unspecified atom stereocenters. The lowest BCUT2D eigenvalue weighted by Gasteiger charge is -2.31. The van der Waals surface area contributed by atoms with Crippen molar-refractivity contribution < 1.29 is 9.84 Å². The maximum Gasteiger partial charge on any atom is 0.271 e. The third-order valence-electron chi connectivity index (χ3n) is 6.63. The second-order valence-corrected chi connectivity index (χ2v) is 12.1. The highest BCUT2D eigenvalue weighted by molar-refractivity contribution is 14.1. The number of hydrogen-bond donors (Lipinski definition) is 1. The molecule has 2 heterocycles. The molecule has 0 spiro atoms. The maximum atomic E-state index is 13.9. The third kappa shape index (κ3) is 4.03. The molecule has 5 nitrogen and oxygen atoms in total. The Kier molecular flexibility index (Phi) is 6.29. The van der Waals surface area contributed by atoms with Crippen LogP contribution in [-0.2, 0) is 6.42 Å². The third-order valence-corrected chi connectivity index (χ3v) is 9.05. The van der Waals surface area contributed by atoms with E-state index < -0.39 is 0 Å². The zero-order valence-corrected chi connectivity index (χ0v) is 24.3. The summed E-state index contributed by atoms with van der Waals surface area (Å²) < 4.78 is 9.62. The number of thiazole rings is 1. The summed E-state index contributed by atoms with van der Waals surface area (Å²) in [6.45, 7) is 0. The highest BCUT2D eigenvalue weighted by Crippen LogP contribution is 2.41. The number of hydrogen-bond acceptors (Lipinski definition) is 5. The monoisotopic (exact) mass is 718 g/mol. The van der Waals surface area contributed by atoms with E-state index in [0.29, 0.717) is 14.9 Å². The summed E-state index contributed by atoms with van der Waals surface area (Å²) in [5.74, 6) is 0.933. The molecule has 36 heavy (non-hydrogen) atoms. The number of halogens is 2. The van der Waals surface area contributed by atoms with Gasteiger partial charge in [-0.1, -0.05) is 47.7 Å². The lowest BCUT2D eigenvalue weighted by molar-refractivity contribution is 0.413. The number of rotatable bonds is 3. The molecule has 1 atom stereocenters. The first-order valence-electron chi connectivity index (χ1n) is 11.4. The predicted octanol–water partition coefficient (Wildman–Crippen LogP) is 5.24. The highest BCUT2D eigenvalue weighted by Gasteiger charge is 2.32. The Balaban J connectivity index is 1.64. The van der Waals surface area contributed by atoms with E-state index in [4.69, 9.17) is 9.73 Å². The van der Waals surface area contributed by atoms with Crippen LogP contribution < -0.4 is 19.6 Å². The summed E-state index contributed by atoms with van der Waals surface area (Å²) in [6.07, 6.45) is 3.52. The molecular formula is C28H20I2N2O3S. The number of phenols is 1. The molecule has 0 bridgehead atoms. The lowest BCUT2D eigenvalue weighted by Crippen LogP contribution is -2.38. The molecule has 0 fully saturated rings. The number of allylic oxidation sites excluding steroid dienone is 1. The molecule has 3 aromatic carbocycles. The van der Waals surface area contributed by atoms with Crippen LogP contribution in [0.25, 0.3) is 11.8 Å². The summed E-state index contributed by atoms with van der Waals surface area (Å²) in [7, 11) is 1.65. The zero-order valence-electron chi connectivity index (χ0n) is 19.2. The first-order chi connectivity index (χ1) is 17.4. The topological polar surface area (TPSA) is 63.8 Å². The Hall–Kier alpha value is -2.44. The molecule has 1 aliphatic carbocycles. The van der Waals surface area contributed by atoms with Crippen LogP contribution >= 0.6 is 56.5 Å². The van der Waals surface area contributed by atoms with Crippen LogP contribution in [0.2, 0.25) is 0 Å².